The van der Waals surface area contributed by atoms with Crippen molar-refractivity contribution in [3.05, 3.63) is 29.8 Å². The zero-order valence-corrected chi connectivity index (χ0v) is 12.8. The lowest BCUT2D eigenvalue weighted by atomic mass is 9.80. The van der Waals surface area contributed by atoms with Crippen LogP contribution in [0.5, 0.6) is 5.75 Å². The second kappa shape index (κ2) is 6.59. The van der Waals surface area contributed by atoms with Crippen LogP contribution in [0.4, 0.5) is 0 Å². The summed E-state index contributed by atoms with van der Waals surface area (Å²) in [6.45, 7) is 7.63. The second-order valence-electron chi connectivity index (χ2n) is 5.98. The van der Waals surface area contributed by atoms with Gasteiger partial charge in [0.1, 0.15) is 5.75 Å². The van der Waals surface area contributed by atoms with Crippen molar-refractivity contribution in [1.29, 1.82) is 0 Å². The molecule has 112 valence electrons. The van der Waals surface area contributed by atoms with E-state index in [1.807, 2.05) is 24.3 Å². The maximum atomic E-state index is 11.1. The first-order valence-electron chi connectivity index (χ1n) is 7.63. The van der Waals surface area contributed by atoms with E-state index in [0.717, 1.165) is 17.7 Å². The van der Waals surface area contributed by atoms with Gasteiger partial charge in [0.2, 0.25) is 0 Å². The summed E-state index contributed by atoms with van der Waals surface area (Å²) in [6.07, 6.45) is 2.33. The van der Waals surface area contributed by atoms with Crippen molar-refractivity contribution in [2.24, 2.45) is 5.92 Å². The molecule has 3 nitrogen and oxygen atoms in total. The lowest BCUT2D eigenvalue weighted by Gasteiger charge is -2.39. The van der Waals surface area contributed by atoms with E-state index in [-0.39, 0.29) is 6.10 Å². The molecule has 1 saturated heterocycles. The molecule has 1 heterocycles. The minimum absolute atomic E-state index is 0.105. The molecule has 3 heteroatoms. The number of rotatable bonds is 5. The first-order valence-corrected chi connectivity index (χ1v) is 7.63. The summed E-state index contributed by atoms with van der Waals surface area (Å²) in [5.74, 6) is 1.21. The number of ether oxygens (including phenoxy) is 2. The van der Waals surface area contributed by atoms with Crippen LogP contribution in [-0.2, 0) is 10.3 Å². The number of para-hydroxylation sites is 1. The lowest BCUT2D eigenvalue weighted by molar-refractivity contribution is -0.122. The first kappa shape index (κ1) is 15.3. The fraction of sp³-hybridized carbons (Fsp3) is 0.647. The fourth-order valence-corrected chi connectivity index (χ4v) is 2.73. The van der Waals surface area contributed by atoms with Gasteiger partial charge in [0.25, 0.3) is 0 Å². The number of hydrogen-bond acceptors (Lipinski definition) is 3. The van der Waals surface area contributed by atoms with Crippen LogP contribution in [0.1, 0.15) is 45.6 Å². The average Bonchev–Trinajstić information content (AvgIpc) is 2.45. The van der Waals surface area contributed by atoms with Crippen molar-refractivity contribution in [2.75, 3.05) is 13.2 Å². The van der Waals surface area contributed by atoms with Crippen LogP contribution in [0.15, 0.2) is 24.3 Å². The molecule has 2 unspecified atom stereocenters. The Morgan fingerprint density at radius 2 is 2.15 bits per heavy atom. The highest BCUT2D eigenvalue weighted by Gasteiger charge is 2.39. The minimum Gasteiger partial charge on any atom is -0.493 e. The van der Waals surface area contributed by atoms with Gasteiger partial charge >= 0.3 is 0 Å². The SMILES string of the molecule is CCCOc1ccccc1C1(O)CCOC(C(C)C)C1. The van der Waals surface area contributed by atoms with Crippen molar-refractivity contribution < 1.29 is 14.6 Å². The Morgan fingerprint density at radius 3 is 2.85 bits per heavy atom. The van der Waals surface area contributed by atoms with Gasteiger partial charge < -0.3 is 14.6 Å². The molecule has 2 atom stereocenters. The molecule has 0 spiro atoms. The van der Waals surface area contributed by atoms with E-state index in [0.29, 0.717) is 32.0 Å². The van der Waals surface area contributed by atoms with E-state index < -0.39 is 5.60 Å². The molecule has 1 fully saturated rings. The third kappa shape index (κ3) is 3.33. The molecule has 1 N–H and O–H groups in total. The number of aliphatic hydroxyl groups is 1. The van der Waals surface area contributed by atoms with Crippen LogP contribution in [0, 0.1) is 5.92 Å². The topological polar surface area (TPSA) is 38.7 Å². The Hall–Kier alpha value is -1.06. The molecule has 0 radical (unpaired) electrons. The van der Waals surface area contributed by atoms with Gasteiger partial charge in [0.15, 0.2) is 0 Å². The summed E-state index contributed by atoms with van der Waals surface area (Å²) in [4.78, 5) is 0. The molecule has 1 aromatic carbocycles. The highest BCUT2D eigenvalue weighted by atomic mass is 16.5. The monoisotopic (exact) mass is 278 g/mol. The van der Waals surface area contributed by atoms with Crippen LogP contribution >= 0.6 is 0 Å². The van der Waals surface area contributed by atoms with Gasteiger partial charge in [-0.15, -0.1) is 0 Å². The first-order chi connectivity index (χ1) is 9.57. The number of benzene rings is 1. The van der Waals surface area contributed by atoms with Gasteiger partial charge in [0.05, 0.1) is 24.9 Å². The lowest BCUT2D eigenvalue weighted by Crippen LogP contribution is -2.41. The van der Waals surface area contributed by atoms with Crippen molar-refractivity contribution in [3.8, 4) is 5.75 Å². The molecule has 2 rings (SSSR count). The van der Waals surface area contributed by atoms with Gasteiger partial charge in [-0.1, -0.05) is 39.0 Å². The van der Waals surface area contributed by atoms with E-state index in [4.69, 9.17) is 9.47 Å². The van der Waals surface area contributed by atoms with Crippen LogP contribution in [-0.4, -0.2) is 24.4 Å². The molecule has 1 aliphatic rings. The molecular weight excluding hydrogens is 252 g/mol. The molecule has 0 bridgehead atoms. The van der Waals surface area contributed by atoms with Gasteiger partial charge in [-0.3, -0.25) is 0 Å². The Bertz CT molecular complexity index is 430. The third-order valence-electron chi connectivity index (χ3n) is 3.98. The van der Waals surface area contributed by atoms with Gasteiger partial charge in [-0.2, -0.15) is 0 Å². The molecule has 0 aromatic heterocycles. The van der Waals surface area contributed by atoms with Crippen molar-refractivity contribution in [2.45, 2.75) is 51.7 Å². The normalized spacial score (nSPS) is 26.8. The summed E-state index contributed by atoms with van der Waals surface area (Å²) in [5, 5.41) is 11.1. The van der Waals surface area contributed by atoms with Gasteiger partial charge in [-0.05, 0) is 18.4 Å². The standard InChI is InChI=1S/C17H26O3/c1-4-10-19-15-8-6-5-7-14(15)17(18)9-11-20-16(12-17)13(2)3/h5-8,13,16,18H,4,9-12H2,1-3H3. The molecular formula is C17H26O3. The molecule has 1 aliphatic heterocycles. The zero-order chi connectivity index (χ0) is 14.6. The van der Waals surface area contributed by atoms with Crippen LogP contribution in [0.25, 0.3) is 0 Å². The van der Waals surface area contributed by atoms with E-state index in [1.165, 1.54) is 0 Å². The number of hydrogen-bond donors (Lipinski definition) is 1. The van der Waals surface area contributed by atoms with Crippen LogP contribution in [0.2, 0.25) is 0 Å². The van der Waals surface area contributed by atoms with Crippen molar-refractivity contribution >= 4 is 0 Å². The molecule has 20 heavy (non-hydrogen) atoms. The predicted molar refractivity (Wildman–Crippen MR) is 79.9 cm³/mol. The highest BCUT2D eigenvalue weighted by Crippen LogP contribution is 2.40. The molecule has 0 saturated carbocycles. The molecule has 0 amide bonds. The summed E-state index contributed by atoms with van der Waals surface area (Å²) >= 11 is 0. The highest BCUT2D eigenvalue weighted by molar-refractivity contribution is 5.38. The summed E-state index contributed by atoms with van der Waals surface area (Å²) in [6, 6.07) is 7.85. The molecule has 0 aliphatic carbocycles. The zero-order valence-electron chi connectivity index (χ0n) is 12.8. The quantitative estimate of drug-likeness (QED) is 0.896. The smallest absolute Gasteiger partial charge is 0.125 e. The van der Waals surface area contributed by atoms with Crippen LogP contribution in [0.3, 0.4) is 0 Å². The maximum absolute atomic E-state index is 11.1. The fourth-order valence-electron chi connectivity index (χ4n) is 2.73. The maximum Gasteiger partial charge on any atom is 0.125 e. The predicted octanol–water partition coefficient (Wildman–Crippen LogP) is 3.50. The van der Waals surface area contributed by atoms with Crippen molar-refractivity contribution in [1.82, 2.24) is 0 Å². The minimum atomic E-state index is -0.836. The third-order valence-corrected chi connectivity index (χ3v) is 3.98. The van der Waals surface area contributed by atoms with Crippen molar-refractivity contribution in [3.63, 3.8) is 0 Å². The van der Waals surface area contributed by atoms with E-state index in [2.05, 4.69) is 20.8 Å². The average molecular weight is 278 g/mol. The van der Waals surface area contributed by atoms with E-state index in [9.17, 15) is 5.11 Å². The Kier molecular flexibility index (Phi) is 5.06. The van der Waals surface area contributed by atoms with Gasteiger partial charge in [-0.25, -0.2) is 0 Å². The summed E-state index contributed by atoms with van der Waals surface area (Å²) < 4.78 is 11.6. The van der Waals surface area contributed by atoms with E-state index in [1.54, 1.807) is 0 Å². The summed E-state index contributed by atoms with van der Waals surface area (Å²) in [5.41, 5.74) is 0.0692. The Labute approximate surface area is 121 Å². The Balaban J connectivity index is 2.24. The van der Waals surface area contributed by atoms with Crippen LogP contribution < -0.4 is 4.74 Å². The second-order valence-corrected chi connectivity index (χ2v) is 5.98. The molecule has 1 aromatic rings. The Morgan fingerprint density at radius 1 is 1.40 bits per heavy atom. The largest absolute Gasteiger partial charge is 0.493 e. The summed E-state index contributed by atoms with van der Waals surface area (Å²) in [7, 11) is 0. The van der Waals surface area contributed by atoms with E-state index >= 15 is 0 Å². The van der Waals surface area contributed by atoms with Gasteiger partial charge in [0, 0.05) is 18.4 Å².